The van der Waals surface area contributed by atoms with E-state index in [2.05, 4.69) is 15.0 Å². The minimum Gasteiger partial charge on any atom is -0.481 e. The molecule has 0 spiro atoms. The molecule has 0 unspecified atom stereocenters. The van der Waals surface area contributed by atoms with Crippen LogP contribution in [0.3, 0.4) is 0 Å². The summed E-state index contributed by atoms with van der Waals surface area (Å²) in [6.07, 6.45) is 1.63. The van der Waals surface area contributed by atoms with Gasteiger partial charge in [-0.3, -0.25) is 4.79 Å². The lowest BCUT2D eigenvalue weighted by Gasteiger charge is -2.34. The lowest BCUT2D eigenvalue weighted by molar-refractivity contribution is 0.0690. The molecule has 2 aromatic rings. The van der Waals surface area contributed by atoms with Gasteiger partial charge < -0.3 is 19.6 Å². The third kappa shape index (κ3) is 3.56. The largest absolute Gasteiger partial charge is 0.481 e. The summed E-state index contributed by atoms with van der Waals surface area (Å²) in [4.78, 5) is 40.0. The Bertz CT molecular complexity index is 834. The van der Waals surface area contributed by atoms with Crippen LogP contribution < -0.4 is 9.64 Å². The van der Waals surface area contributed by atoms with Gasteiger partial charge in [0.25, 0.3) is 5.91 Å². The van der Waals surface area contributed by atoms with Crippen molar-refractivity contribution in [2.24, 2.45) is 0 Å². The van der Waals surface area contributed by atoms with Crippen molar-refractivity contribution in [3.8, 4) is 5.88 Å². The summed E-state index contributed by atoms with van der Waals surface area (Å²) in [7, 11) is 1.55. The molecule has 0 aromatic carbocycles. The average molecular weight is 357 g/mol. The van der Waals surface area contributed by atoms with E-state index in [1.54, 1.807) is 31.2 Å². The summed E-state index contributed by atoms with van der Waals surface area (Å²) in [5, 5.41) is 9.06. The maximum atomic E-state index is 12.6. The predicted octanol–water partition coefficient (Wildman–Crippen LogP) is 0.849. The molecule has 26 heavy (non-hydrogen) atoms. The number of carboxylic acids is 1. The number of rotatable bonds is 4. The number of ether oxygens (including phenoxy) is 1. The normalized spacial score (nSPS) is 14.2. The Morgan fingerprint density at radius 3 is 2.46 bits per heavy atom. The first-order chi connectivity index (χ1) is 12.5. The predicted molar refractivity (Wildman–Crippen MR) is 92.6 cm³/mol. The topological polar surface area (TPSA) is 109 Å². The molecule has 1 amide bonds. The maximum Gasteiger partial charge on any atom is 0.337 e. The van der Waals surface area contributed by atoms with Gasteiger partial charge >= 0.3 is 5.97 Å². The zero-order valence-electron chi connectivity index (χ0n) is 14.5. The molecule has 1 saturated heterocycles. The van der Waals surface area contributed by atoms with Crippen LogP contribution in [0.2, 0.25) is 0 Å². The van der Waals surface area contributed by atoms with Gasteiger partial charge in [0.15, 0.2) is 0 Å². The zero-order chi connectivity index (χ0) is 18.7. The highest BCUT2D eigenvalue weighted by atomic mass is 16.5. The Morgan fingerprint density at radius 2 is 1.85 bits per heavy atom. The van der Waals surface area contributed by atoms with Gasteiger partial charge in [-0.15, -0.1) is 0 Å². The van der Waals surface area contributed by atoms with Crippen LogP contribution in [-0.2, 0) is 0 Å². The van der Waals surface area contributed by atoms with Crippen LogP contribution in [-0.4, -0.2) is 70.1 Å². The highest BCUT2D eigenvalue weighted by molar-refractivity contribution is 5.94. The van der Waals surface area contributed by atoms with Gasteiger partial charge in [0, 0.05) is 38.4 Å². The Hall–Kier alpha value is -3.23. The monoisotopic (exact) mass is 357 g/mol. The van der Waals surface area contributed by atoms with E-state index in [0.717, 1.165) is 0 Å². The Morgan fingerprint density at radius 1 is 1.12 bits per heavy atom. The molecule has 3 rings (SSSR count). The van der Waals surface area contributed by atoms with E-state index in [1.807, 2.05) is 4.90 Å². The molecule has 1 fully saturated rings. The van der Waals surface area contributed by atoms with Crippen molar-refractivity contribution in [1.82, 2.24) is 19.9 Å². The molecule has 0 radical (unpaired) electrons. The molecular weight excluding hydrogens is 338 g/mol. The SMILES string of the molecule is COc1ccnc(N2CCN(C(=O)c3ccc(C(=O)O)c(C)n3)CC2)n1. The standard InChI is InChI=1S/C17H19N5O4/c1-11-12(16(24)25)3-4-13(19-11)15(23)21-7-9-22(10-8-21)17-18-6-5-14(20-17)26-2/h3-6H,7-10H2,1-2H3,(H,24,25). The van der Waals surface area contributed by atoms with E-state index in [0.29, 0.717) is 43.7 Å². The summed E-state index contributed by atoms with van der Waals surface area (Å²) >= 11 is 0. The zero-order valence-corrected chi connectivity index (χ0v) is 14.5. The van der Waals surface area contributed by atoms with Crippen molar-refractivity contribution in [3.05, 3.63) is 41.3 Å². The van der Waals surface area contributed by atoms with Crippen molar-refractivity contribution in [1.29, 1.82) is 0 Å². The first-order valence-electron chi connectivity index (χ1n) is 8.12. The lowest BCUT2D eigenvalue weighted by Crippen LogP contribution is -2.49. The van der Waals surface area contributed by atoms with Gasteiger partial charge in [0.2, 0.25) is 11.8 Å². The number of piperazine rings is 1. The fourth-order valence-electron chi connectivity index (χ4n) is 2.78. The van der Waals surface area contributed by atoms with E-state index in [4.69, 9.17) is 9.84 Å². The van der Waals surface area contributed by atoms with Gasteiger partial charge in [-0.2, -0.15) is 4.98 Å². The number of hydrogen-bond donors (Lipinski definition) is 1. The second-order valence-electron chi connectivity index (χ2n) is 5.81. The average Bonchev–Trinajstić information content (AvgIpc) is 2.67. The molecule has 0 aliphatic carbocycles. The summed E-state index contributed by atoms with van der Waals surface area (Å²) in [5.41, 5.74) is 0.673. The number of aromatic carboxylic acids is 1. The molecule has 1 aliphatic heterocycles. The number of hydrogen-bond acceptors (Lipinski definition) is 7. The first-order valence-corrected chi connectivity index (χ1v) is 8.12. The van der Waals surface area contributed by atoms with Crippen LogP contribution in [0.1, 0.15) is 26.5 Å². The lowest BCUT2D eigenvalue weighted by atomic mass is 10.1. The van der Waals surface area contributed by atoms with Crippen molar-refractivity contribution in [2.45, 2.75) is 6.92 Å². The van der Waals surface area contributed by atoms with Crippen LogP contribution in [0.15, 0.2) is 24.4 Å². The second kappa shape index (κ2) is 7.34. The molecule has 1 N–H and O–H groups in total. The first kappa shape index (κ1) is 17.6. The summed E-state index contributed by atoms with van der Waals surface area (Å²) in [5.74, 6) is -0.208. The molecule has 9 nitrogen and oxygen atoms in total. The van der Waals surface area contributed by atoms with Gasteiger partial charge in [0.1, 0.15) is 5.69 Å². The molecular formula is C17H19N5O4. The summed E-state index contributed by atoms with van der Waals surface area (Å²) in [6, 6.07) is 4.55. The van der Waals surface area contributed by atoms with E-state index < -0.39 is 5.97 Å². The van der Waals surface area contributed by atoms with Gasteiger partial charge in [-0.05, 0) is 19.1 Å². The molecule has 136 valence electrons. The number of pyridine rings is 1. The Kier molecular flexibility index (Phi) is 4.97. The molecule has 3 heterocycles. The molecule has 9 heteroatoms. The molecule has 0 bridgehead atoms. The van der Waals surface area contributed by atoms with Crippen LogP contribution in [0, 0.1) is 6.92 Å². The molecule has 0 saturated carbocycles. The smallest absolute Gasteiger partial charge is 0.337 e. The summed E-state index contributed by atoms with van der Waals surface area (Å²) in [6.45, 7) is 3.76. The van der Waals surface area contributed by atoms with E-state index in [9.17, 15) is 9.59 Å². The van der Waals surface area contributed by atoms with Crippen LogP contribution in [0.25, 0.3) is 0 Å². The molecule has 0 atom stereocenters. The molecule has 1 aliphatic rings. The third-order valence-corrected chi connectivity index (χ3v) is 4.21. The number of nitrogens with zero attached hydrogens (tertiary/aromatic N) is 5. The number of carboxylic acid groups (broad SMARTS) is 1. The van der Waals surface area contributed by atoms with Crippen LogP contribution >= 0.6 is 0 Å². The highest BCUT2D eigenvalue weighted by Gasteiger charge is 2.25. The highest BCUT2D eigenvalue weighted by Crippen LogP contribution is 2.16. The number of aromatic nitrogens is 3. The quantitative estimate of drug-likeness (QED) is 0.858. The van der Waals surface area contributed by atoms with E-state index in [-0.39, 0.29) is 17.2 Å². The second-order valence-corrected chi connectivity index (χ2v) is 5.81. The van der Waals surface area contributed by atoms with Gasteiger partial charge in [-0.25, -0.2) is 14.8 Å². The number of methoxy groups -OCH3 is 1. The third-order valence-electron chi connectivity index (χ3n) is 4.21. The van der Waals surface area contributed by atoms with Crippen LogP contribution in [0.5, 0.6) is 5.88 Å². The fraction of sp³-hybridized carbons (Fsp3) is 0.353. The maximum absolute atomic E-state index is 12.6. The minimum atomic E-state index is -1.05. The Balaban J connectivity index is 1.66. The number of aryl methyl sites for hydroxylation is 1. The van der Waals surface area contributed by atoms with Crippen molar-refractivity contribution in [2.75, 3.05) is 38.2 Å². The number of anilines is 1. The van der Waals surface area contributed by atoms with Crippen molar-refractivity contribution >= 4 is 17.8 Å². The fourth-order valence-corrected chi connectivity index (χ4v) is 2.78. The minimum absolute atomic E-state index is 0.0987. The van der Waals surface area contributed by atoms with Crippen molar-refractivity contribution < 1.29 is 19.4 Å². The number of carbonyl (C=O) groups excluding carboxylic acids is 1. The molecule has 2 aromatic heterocycles. The van der Waals surface area contributed by atoms with E-state index in [1.165, 1.54) is 12.1 Å². The van der Waals surface area contributed by atoms with Gasteiger partial charge in [0.05, 0.1) is 18.4 Å². The number of carbonyl (C=O) groups is 2. The van der Waals surface area contributed by atoms with Gasteiger partial charge in [-0.1, -0.05) is 0 Å². The van der Waals surface area contributed by atoms with Crippen molar-refractivity contribution in [3.63, 3.8) is 0 Å². The van der Waals surface area contributed by atoms with Crippen LogP contribution in [0.4, 0.5) is 5.95 Å². The number of amides is 1. The van der Waals surface area contributed by atoms with E-state index >= 15 is 0 Å². The Labute approximate surface area is 150 Å². The summed E-state index contributed by atoms with van der Waals surface area (Å²) < 4.78 is 5.11.